The molecule has 0 saturated heterocycles. The first kappa shape index (κ1) is 17.2. The lowest BCUT2D eigenvalue weighted by molar-refractivity contribution is -0.384. The van der Waals surface area contributed by atoms with Gasteiger partial charge in [-0.15, -0.1) is 0 Å². The number of nitro benzene ring substituents is 1. The molecule has 0 aliphatic rings. The van der Waals surface area contributed by atoms with Crippen LogP contribution in [0.5, 0.6) is 0 Å². The Morgan fingerprint density at radius 1 is 0.792 bits per heavy atom. The summed E-state index contributed by atoms with van der Waals surface area (Å²) in [4.78, 5) is 12.2. The van der Waals surface area contributed by atoms with Gasteiger partial charge in [0.15, 0.2) is 0 Å². The van der Waals surface area contributed by atoms with E-state index in [4.69, 9.17) is 0 Å². The molecule has 4 nitrogen and oxygen atoms in total. The van der Waals surface area contributed by atoms with Crippen molar-refractivity contribution in [1.29, 1.82) is 0 Å². The van der Waals surface area contributed by atoms with E-state index >= 15 is 0 Å². The summed E-state index contributed by atoms with van der Waals surface area (Å²) in [6.45, 7) is 0. The number of hydrogen-bond acceptors (Lipinski definition) is 3. The number of anilines is 1. The number of benzene rings is 2. The highest BCUT2D eigenvalue weighted by Gasteiger charge is 2.01. The van der Waals surface area contributed by atoms with Gasteiger partial charge in [-0.05, 0) is 35.4 Å². The fourth-order valence-corrected chi connectivity index (χ4v) is 2.05. The van der Waals surface area contributed by atoms with E-state index in [0.29, 0.717) is 0 Å². The highest BCUT2D eigenvalue weighted by Crippen LogP contribution is 2.14. The van der Waals surface area contributed by atoms with Crippen LogP contribution in [-0.2, 0) is 0 Å². The van der Waals surface area contributed by atoms with E-state index in [2.05, 4.69) is 29.2 Å². The molecular formula is C20H20N2O2. The zero-order valence-corrected chi connectivity index (χ0v) is 13.8. The van der Waals surface area contributed by atoms with Gasteiger partial charge in [-0.1, -0.05) is 48.6 Å². The van der Waals surface area contributed by atoms with Crippen LogP contribution >= 0.6 is 0 Å². The second-order valence-corrected chi connectivity index (χ2v) is 5.44. The zero-order chi connectivity index (χ0) is 17.4. The molecule has 122 valence electrons. The average molecular weight is 320 g/mol. The predicted octanol–water partition coefficient (Wildman–Crippen LogP) is 4.94. The van der Waals surface area contributed by atoms with E-state index in [9.17, 15) is 10.1 Å². The Bertz CT molecular complexity index is 755. The quantitative estimate of drug-likeness (QED) is 0.430. The van der Waals surface area contributed by atoms with Crippen molar-refractivity contribution < 1.29 is 4.92 Å². The van der Waals surface area contributed by atoms with E-state index in [-0.39, 0.29) is 5.69 Å². The van der Waals surface area contributed by atoms with Gasteiger partial charge in [0.25, 0.3) is 5.69 Å². The van der Waals surface area contributed by atoms with E-state index in [1.165, 1.54) is 17.8 Å². The molecule has 0 heterocycles. The Labute approximate surface area is 142 Å². The standard InChI is InChI=1S/C20H20N2O2/c1-21(2)19-13-9-17(10-14-19)7-5-3-4-6-8-18-11-15-20(16-12-18)22(23)24/h3-16H,1-2H3/b4-3+,7-5+,8-6+. The van der Waals surface area contributed by atoms with Crippen molar-refractivity contribution in [3.63, 3.8) is 0 Å². The van der Waals surface area contributed by atoms with Crippen molar-refractivity contribution >= 4 is 23.5 Å². The summed E-state index contributed by atoms with van der Waals surface area (Å²) in [6.07, 6.45) is 11.7. The third-order valence-electron chi connectivity index (χ3n) is 3.42. The van der Waals surface area contributed by atoms with Crippen LogP contribution in [0.2, 0.25) is 0 Å². The molecule has 2 rings (SSSR count). The van der Waals surface area contributed by atoms with Crippen molar-refractivity contribution in [1.82, 2.24) is 0 Å². The monoisotopic (exact) mass is 320 g/mol. The average Bonchev–Trinajstić information content (AvgIpc) is 2.58. The first-order valence-electron chi connectivity index (χ1n) is 7.59. The molecule has 0 radical (unpaired) electrons. The van der Waals surface area contributed by atoms with E-state index in [0.717, 1.165) is 11.1 Å². The molecule has 0 spiro atoms. The highest BCUT2D eigenvalue weighted by molar-refractivity contribution is 5.57. The molecule has 0 aromatic heterocycles. The fraction of sp³-hybridized carbons (Fsp3) is 0.100. The summed E-state index contributed by atoms with van der Waals surface area (Å²) in [5.41, 5.74) is 3.35. The summed E-state index contributed by atoms with van der Waals surface area (Å²) in [5, 5.41) is 10.6. The van der Waals surface area contributed by atoms with E-state index in [1.807, 2.05) is 50.6 Å². The van der Waals surface area contributed by atoms with Gasteiger partial charge in [0, 0.05) is 31.9 Å². The molecule has 0 N–H and O–H groups in total. The number of non-ortho nitro benzene ring substituents is 1. The van der Waals surface area contributed by atoms with Crippen molar-refractivity contribution in [3.8, 4) is 0 Å². The minimum atomic E-state index is -0.400. The lowest BCUT2D eigenvalue weighted by Crippen LogP contribution is -2.07. The summed E-state index contributed by atoms with van der Waals surface area (Å²) in [7, 11) is 4.04. The molecule has 24 heavy (non-hydrogen) atoms. The Hall–Kier alpha value is -3.14. The number of rotatable bonds is 6. The Morgan fingerprint density at radius 2 is 1.25 bits per heavy atom. The van der Waals surface area contributed by atoms with Crippen molar-refractivity contribution in [2.75, 3.05) is 19.0 Å². The Morgan fingerprint density at radius 3 is 1.67 bits per heavy atom. The fourth-order valence-electron chi connectivity index (χ4n) is 2.05. The largest absolute Gasteiger partial charge is 0.378 e. The van der Waals surface area contributed by atoms with Gasteiger partial charge >= 0.3 is 0 Å². The first-order valence-corrected chi connectivity index (χ1v) is 7.59. The van der Waals surface area contributed by atoms with Gasteiger partial charge in [0.05, 0.1) is 4.92 Å². The Kier molecular flexibility index (Phi) is 6.08. The molecule has 0 bridgehead atoms. The van der Waals surface area contributed by atoms with Gasteiger partial charge in [0.2, 0.25) is 0 Å². The van der Waals surface area contributed by atoms with Gasteiger partial charge < -0.3 is 4.90 Å². The van der Waals surface area contributed by atoms with Crippen molar-refractivity contribution in [2.45, 2.75) is 0 Å². The minimum Gasteiger partial charge on any atom is -0.378 e. The molecule has 0 saturated carbocycles. The van der Waals surface area contributed by atoms with E-state index < -0.39 is 4.92 Å². The lowest BCUT2D eigenvalue weighted by Gasteiger charge is -2.11. The van der Waals surface area contributed by atoms with Crippen LogP contribution < -0.4 is 4.90 Å². The number of hydrogen-bond donors (Lipinski definition) is 0. The topological polar surface area (TPSA) is 46.4 Å². The highest BCUT2D eigenvalue weighted by atomic mass is 16.6. The third-order valence-corrected chi connectivity index (χ3v) is 3.42. The SMILES string of the molecule is CN(C)c1ccc(/C=C/C=C/C=C/c2ccc([N+](=O)[O-])cc2)cc1. The van der Waals surface area contributed by atoms with Gasteiger partial charge in [-0.3, -0.25) is 10.1 Å². The molecule has 0 aliphatic heterocycles. The third kappa shape index (κ3) is 5.25. The van der Waals surface area contributed by atoms with Crippen LogP contribution in [0.25, 0.3) is 12.2 Å². The second-order valence-electron chi connectivity index (χ2n) is 5.44. The smallest absolute Gasteiger partial charge is 0.269 e. The van der Waals surface area contributed by atoms with Crippen LogP contribution in [0.3, 0.4) is 0 Å². The molecule has 0 atom stereocenters. The van der Waals surface area contributed by atoms with Gasteiger partial charge in [-0.2, -0.15) is 0 Å². The molecule has 2 aromatic carbocycles. The maximum atomic E-state index is 10.6. The Balaban J connectivity index is 1.88. The van der Waals surface area contributed by atoms with Crippen molar-refractivity contribution in [2.24, 2.45) is 0 Å². The molecule has 0 unspecified atom stereocenters. The van der Waals surface area contributed by atoms with Crippen LogP contribution in [0.4, 0.5) is 11.4 Å². The zero-order valence-electron chi connectivity index (χ0n) is 13.8. The van der Waals surface area contributed by atoms with Gasteiger partial charge in [0.1, 0.15) is 0 Å². The summed E-state index contributed by atoms with van der Waals surface area (Å²) in [5.74, 6) is 0. The second kappa shape index (κ2) is 8.48. The predicted molar refractivity (Wildman–Crippen MR) is 101 cm³/mol. The van der Waals surface area contributed by atoms with Crippen LogP contribution in [0, 0.1) is 10.1 Å². The molecular weight excluding hydrogens is 300 g/mol. The number of nitrogens with zero attached hydrogens (tertiary/aromatic N) is 2. The first-order chi connectivity index (χ1) is 11.6. The molecule has 2 aromatic rings. The number of nitro groups is 1. The number of allylic oxidation sites excluding steroid dienone is 4. The minimum absolute atomic E-state index is 0.103. The molecule has 0 amide bonds. The van der Waals surface area contributed by atoms with Gasteiger partial charge in [-0.25, -0.2) is 0 Å². The van der Waals surface area contributed by atoms with Crippen LogP contribution in [-0.4, -0.2) is 19.0 Å². The van der Waals surface area contributed by atoms with Crippen LogP contribution in [0.1, 0.15) is 11.1 Å². The van der Waals surface area contributed by atoms with Crippen molar-refractivity contribution in [3.05, 3.63) is 94.1 Å². The summed E-state index contributed by atoms with van der Waals surface area (Å²) in [6, 6.07) is 14.8. The normalized spacial score (nSPS) is 11.6. The maximum absolute atomic E-state index is 10.6. The maximum Gasteiger partial charge on any atom is 0.269 e. The summed E-state index contributed by atoms with van der Waals surface area (Å²) >= 11 is 0. The van der Waals surface area contributed by atoms with E-state index in [1.54, 1.807) is 12.1 Å². The lowest BCUT2D eigenvalue weighted by atomic mass is 10.2. The molecule has 0 fully saturated rings. The van der Waals surface area contributed by atoms with Crippen LogP contribution in [0.15, 0.2) is 72.8 Å². The molecule has 0 aliphatic carbocycles. The molecule has 4 heteroatoms. The summed E-state index contributed by atoms with van der Waals surface area (Å²) < 4.78 is 0.